The van der Waals surface area contributed by atoms with Crippen molar-refractivity contribution in [2.24, 2.45) is 0 Å². The maximum absolute atomic E-state index is 12.0. The van der Waals surface area contributed by atoms with Gasteiger partial charge in [0, 0.05) is 38.2 Å². The Morgan fingerprint density at radius 3 is 3.00 bits per heavy atom. The van der Waals surface area contributed by atoms with Crippen LogP contribution in [0.25, 0.3) is 0 Å². The van der Waals surface area contributed by atoms with Crippen molar-refractivity contribution >= 4 is 34.1 Å². The number of hydrogen-bond donors (Lipinski definition) is 1. The van der Waals surface area contributed by atoms with Crippen LogP contribution in [0.5, 0.6) is 0 Å². The van der Waals surface area contributed by atoms with Crippen LogP contribution in [-0.4, -0.2) is 49.9 Å². The lowest BCUT2D eigenvalue weighted by molar-refractivity contribution is -0.127. The van der Waals surface area contributed by atoms with Gasteiger partial charge in [-0.15, -0.1) is 0 Å². The van der Waals surface area contributed by atoms with Gasteiger partial charge in [-0.25, -0.2) is 4.98 Å². The Hall–Kier alpha value is -1.21. The molecule has 2 aliphatic heterocycles. The molecular formula is C12H15ClN4O2S. The average molecular weight is 315 g/mol. The molecule has 6 nitrogen and oxygen atoms in total. The Morgan fingerprint density at radius 1 is 1.50 bits per heavy atom. The molecule has 2 atom stereocenters. The Labute approximate surface area is 124 Å². The molecule has 108 valence electrons. The van der Waals surface area contributed by atoms with E-state index in [0.717, 1.165) is 18.7 Å². The SMILES string of the molecule is CC(=O)N1CC[C@@H](Nc2nc(Cl)nc3c2S(=O)CC3)C1. The number of hydrogen-bond acceptors (Lipinski definition) is 5. The van der Waals surface area contributed by atoms with Gasteiger partial charge in [0.15, 0.2) is 0 Å². The zero-order valence-corrected chi connectivity index (χ0v) is 12.6. The van der Waals surface area contributed by atoms with Crippen LogP contribution in [0.2, 0.25) is 5.28 Å². The first kappa shape index (κ1) is 13.8. The Bertz CT molecular complexity index is 595. The van der Waals surface area contributed by atoms with E-state index in [0.29, 0.717) is 29.4 Å². The van der Waals surface area contributed by atoms with E-state index in [-0.39, 0.29) is 17.2 Å². The molecule has 8 heteroatoms. The molecule has 0 aromatic carbocycles. The molecule has 0 saturated carbocycles. The Kier molecular flexibility index (Phi) is 3.64. The first-order valence-corrected chi connectivity index (χ1v) is 8.21. The molecule has 2 aliphatic rings. The number of aryl methyl sites for hydroxylation is 1. The van der Waals surface area contributed by atoms with E-state index in [1.165, 1.54) is 0 Å². The van der Waals surface area contributed by atoms with Crippen LogP contribution >= 0.6 is 11.6 Å². The lowest BCUT2D eigenvalue weighted by Gasteiger charge is -2.17. The molecule has 1 aromatic rings. The summed E-state index contributed by atoms with van der Waals surface area (Å²) in [5.74, 6) is 1.21. The highest BCUT2D eigenvalue weighted by atomic mass is 35.5. The third-order valence-corrected chi connectivity index (χ3v) is 5.26. The predicted molar refractivity (Wildman–Crippen MR) is 76.3 cm³/mol. The molecule has 0 aliphatic carbocycles. The highest BCUT2D eigenvalue weighted by Gasteiger charge is 2.29. The summed E-state index contributed by atoms with van der Waals surface area (Å²) in [6.45, 7) is 2.94. The summed E-state index contributed by atoms with van der Waals surface area (Å²) in [5, 5.41) is 3.45. The molecule has 1 unspecified atom stereocenters. The molecule has 3 heterocycles. The zero-order valence-electron chi connectivity index (χ0n) is 11.1. The maximum atomic E-state index is 12.0. The molecule has 1 saturated heterocycles. The van der Waals surface area contributed by atoms with Crippen LogP contribution < -0.4 is 5.32 Å². The van der Waals surface area contributed by atoms with Crippen molar-refractivity contribution in [3.05, 3.63) is 11.0 Å². The lowest BCUT2D eigenvalue weighted by Crippen LogP contribution is -2.30. The van der Waals surface area contributed by atoms with E-state index in [1.54, 1.807) is 11.8 Å². The minimum atomic E-state index is -1.06. The standard InChI is InChI=1S/C12H15ClN4O2S/c1-7(18)17-4-2-8(6-17)14-11-10-9(3-5-20(10)19)15-12(13)16-11/h8H,2-6H2,1H3,(H,14,15,16)/t8-,20?/m1/s1. The largest absolute Gasteiger partial charge is 0.364 e. The maximum Gasteiger partial charge on any atom is 0.224 e. The second kappa shape index (κ2) is 5.29. The van der Waals surface area contributed by atoms with Crippen LogP contribution in [0, 0.1) is 0 Å². The summed E-state index contributed by atoms with van der Waals surface area (Å²) >= 11 is 5.92. The smallest absolute Gasteiger partial charge is 0.224 e. The minimum absolute atomic E-state index is 0.0730. The fourth-order valence-corrected chi connectivity index (χ4v) is 4.12. The Balaban J connectivity index is 1.82. The number of nitrogens with zero attached hydrogens (tertiary/aromatic N) is 3. The van der Waals surface area contributed by atoms with E-state index < -0.39 is 10.8 Å². The van der Waals surface area contributed by atoms with E-state index in [4.69, 9.17) is 11.6 Å². The van der Waals surface area contributed by atoms with Crippen LogP contribution in [0.1, 0.15) is 19.0 Å². The number of anilines is 1. The van der Waals surface area contributed by atoms with Gasteiger partial charge in [0.05, 0.1) is 16.5 Å². The van der Waals surface area contributed by atoms with Crippen LogP contribution in [-0.2, 0) is 22.0 Å². The van der Waals surface area contributed by atoms with Crippen molar-refractivity contribution in [3.63, 3.8) is 0 Å². The third-order valence-electron chi connectivity index (χ3n) is 3.63. The number of nitrogens with one attached hydrogen (secondary N) is 1. The lowest BCUT2D eigenvalue weighted by atomic mass is 10.2. The summed E-state index contributed by atoms with van der Waals surface area (Å²) in [6, 6.07) is 0.117. The summed E-state index contributed by atoms with van der Waals surface area (Å²) in [7, 11) is -1.06. The molecular weight excluding hydrogens is 300 g/mol. The van der Waals surface area contributed by atoms with E-state index in [9.17, 15) is 9.00 Å². The fourth-order valence-electron chi connectivity index (χ4n) is 2.62. The predicted octanol–water partition coefficient (Wildman–Crippen LogP) is 0.826. The van der Waals surface area contributed by atoms with Crippen molar-refractivity contribution in [1.82, 2.24) is 14.9 Å². The Morgan fingerprint density at radius 2 is 2.30 bits per heavy atom. The first-order valence-electron chi connectivity index (χ1n) is 6.51. The molecule has 20 heavy (non-hydrogen) atoms. The summed E-state index contributed by atoms with van der Waals surface area (Å²) in [5.41, 5.74) is 0.771. The fraction of sp³-hybridized carbons (Fsp3) is 0.583. The molecule has 0 radical (unpaired) electrons. The topological polar surface area (TPSA) is 75.2 Å². The number of likely N-dealkylation sites (tertiary alicyclic amines) is 1. The van der Waals surface area contributed by atoms with Crippen LogP contribution in [0.3, 0.4) is 0 Å². The molecule has 1 amide bonds. The minimum Gasteiger partial charge on any atom is -0.364 e. The zero-order chi connectivity index (χ0) is 14.3. The number of halogens is 1. The average Bonchev–Trinajstić information content (AvgIpc) is 2.97. The number of rotatable bonds is 2. The quantitative estimate of drug-likeness (QED) is 0.818. The van der Waals surface area contributed by atoms with Crippen LogP contribution in [0.4, 0.5) is 5.82 Å². The van der Waals surface area contributed by atoms with E-state index in [2.05, 4.69) is 15.3 Å². The molecule has 3 rings (SSSR count). The van der Waals surface area contributed by atoms with Gasteiger partial charge >= 0.3 is 0 Å². The first-order chi connectivity index (χ1) is 9.54. The molecule has 0 spiro atoms. The van der Waals surface area contributed by atoms with Crippen molar-refractivity contribution < 1.29 is 9.00 Å². The number of aromatic nitrogens is 2. The van der Waals surface area contributed by atoms with Gasteiger partial charge in [-0.05, 0) is 18.0 Å². The van der Waals surface area contributed by atoms with Gasteiger partial charge in [-0.1, -0.05) is 0 Å². The van der Waals surface area contributed by atoms with Crippen LogP contribution in [0.15, 0.2) is 4.90 Å². The second-order valence-electron chi connectivity index (χ2n) is 5.01. The molecule has 1 N–H and O–H groups in total. The summed E-state index contributed by atoms with van der Waals surface area (Å²) in [4.78, 5) is 22.1. The van der Waals surface area contributed by atoms with E-state index in [1.807, 2.05) is 0 Å². The third kappa shape index (κ3) is 2.52. The van der Waals surface area contributed by atoms with Gasteiger partial charge < -0.3 is 10.2 Å². The normalized spacial score (nSPS) is 24.8. The summed E-state index contributed by atoms with van der Waals surface area (Å²) < 4.78 is 12.0. The van der Waals surface area contributed by atoms with Crippen molar-refractivity contribution in [3.8, 4) is 0 Å². The number of carbonyl (C=O) groups excluding carboxylic acids is 1. The second-order valence-corrected chi connectivity index (χ2v) is 6.86. The van der Waals surface area contributed by atoms with Gasteiger partial charge in [0.25, 0.3) is 0 Å². The van der Waals surface area contributed by atoms with Gasteiger partial charge in [-0.3, -0.25) is 9.00 Å². The van der Waals surface area contributed by atoms with Crippen molar-refractivity contribution in [2.45, 2.75) is 30.7 Å². The number of amides is 1. The van der Waals surface area contributed by atoms with Gasteiger partial charge in [0.2, 0.25) is 11.2 Å². The summed E-state index contributed by atoms with van der Waals surface area (Å²) in [6.07, 6.45) is 1.52. The molecule has 1 fully saturated rings. The van der Waals surface area contributed by atoms with Gasteiger partial charge in [-0.2, -0.15) is 4.98 Å². The molecule has 1 aromatic heterocycles. The highest BCUT2D eigenvalue weighted by Crippen LogP contribution is 2.30. The highest BCUT2D eigenvalue weighted by molar-refractivity contribution is 7.85. The monoisotopic (exact) mass is 314 g/mol. The van der Waals surface area contributed by atoms with Crippen molar-refractivity contribution in [2.75, 3.05) is 24.2 Å². The molecule has 0 bridgehead atoms. The number of carbonyl (C=O) groups is 1. The van der Waals surface area contributed by atoms with E-state index >= 15 is 0 Å². The van der Waals surface area contributed by atoms with Crippen molar-refractivity contribution in [1.29, 1.82) is 0 Å². The number of fused-ring (bicyclic) bond motifs is 1. The van der Waals surface area contributed by atoms with Gasteiger partial charge in [0.1, 0.15) is 10.7 Å².